The van der Waals surface area contributed by atoms with Gasteiger partial charge >= 0.3 is 6.18 Å². The lowest BCUT2D eigenvalue weighted by Gasteiger charge is -2.12. The molecule has 2 N–H and O–H groups in total. The van der Waals surface area contributed by atoms with E-state index in [9.17, 15) is 18.0 Å². The van der Waals surface area contributed by atoms with Gasteiger partial charge in [0.25, 0.3) is 0 Å². The Bertz CT molecular complexity index is 1340. The van der Waals surface area contributed by atoms with Crippen LogP contribution in [0.1, 0.15) is 21.5 Å². The van der Waals surface area contributed by atoms with Crippen molar-refractivity contribution in [3.63, 3.8) is 0 Å². The average molecular weight is 442 g/mol. The molecule has 0 saturated carbocycles. The normalized spacial score (nSPS) is 11.6. The van der Waals surface area contributed by atoms with E-state index in [0.717, 1.165) is 34.2 Å². The van der Waals surface area contributed by atoms with Crippen LogP contribution < -0.4 is 5.73 Å². The number of primary amides is 1. The molecule has 0 unspecified atom stereocenters. The number of aromatic nitrogens is 2. The number of hydrogen-bond acceptors (Lipinski definition) is 3. The number of alkyl halides is 3. The van der Waals surface area contributed by atoms with E-state index in [2.05, 4.69) is 10.2 Å². The fourth-order valence-corrected chi connectivity index (χ4v) is 3.69. The van der Waals surface area contributed by atoms with Gasteiger partial charge in [-0.15, -0.1) is 5.10 Å². The van der Waals surface area contributed by atoms with Crippen LogP contribution in [-0.4, -0.2) is 16.1 Å². The minimum atomic E-state index is -4.49. The highest BCUT2D eigenvalue weighted by Gasteiger charge is 2.31. The number of nitrogens with zero attached hydrogens (tertiary/aromatic N) is 2. The summed E-state index contributed by atoms with van der Waals surface area (Å²) in [6.45, 7) is 1.92. The van der Waals surface area contributed by atoms with E-state index >= 15 is 0 Å². The van der Waals surface area contributed by atoms with E-state index in [4.69, 9.17) is 17.3 Å². The van der Waals surface area contributed by atoms with E-state index < -0.39 is 17.6 Å². The predicted molar refractivity (Wildman–Crippen MR) is 114 cm³/mol. The number of hydrogen-bond donors (Lipinski definition) is 1. The molecule has 1 heterocycles. The Morgan fingerprint density at radius 3 is 2.45 bits per heavy atom. The fraction of sp³-hybridized carbons (Fsp3) is 0.0870. The zero-order valence-corrected chi connectivity index (χ0v) is 16.9. The van der Waals surface area contributed by atoms with Crippen molar-refractivity contribution in [2.24, 2.45) is 5.73 Å². The number of carbonyl (C=O) groups is 1. The Morgan fingerprint density at radius 2 is 1.77 bits per heavy atom. The van der Waals surface area contributed by atoms with Gasteiger partial charge in [-0.3, -0.25) is 4.79 Å². The van der Waals surface area contributed by atoms with Gasteiger partial charge in [-0.2, -0.15) is 18.3 Å². The second-order valence-electron chi connectivity index (χ2n) is 7.08. The Labute approximate surface area is 180 Å². The fourth-order valence-electron chi connectivity index (χ4n) is 3.42. The van der Waals surface area contributed by atoms with Crippen molar-refractivity contribution in [1.29, 1.82) is 0 Å². The molecule has 4 nitrogen and oxygen atoms in total. The molecule has 1 amide bonds. The number of halogens is 4. The topological polar surface area (TPSA) is 68.9 Å². The van der Waals surface area contributed by atoms with Gasteiger partial charge in [0.2, 0.25) is 5.91 Å². The molecular formula is C23H15ClF3N3O. The van der Waals surface area contributed by atoms with Crippen LogP contribution in [-0.2, 0) is 6.18 Å². The van der Waals surface area contributed by atoms with Crippen molar-refractivity contribution >= 4 is 28.3 Å². The van der Waals surface area contributed by atoms with Crippen LogP contribution >= 0.6 is 11.6 Å². The first-order valence-corrected chi connectivity index (χ1v) is 9.56. The van der Waals surface area contributed by atoms with Gasteiger partial charge in [0, 0.05) is 21.9 Å². The highest BCUT2D eigenvalue weighted by atomic mass is 35.5. The summed E-state index contributed by atoms with van der Waals surface area (Å²) in [5.74, 6) is -0.521. The first-order valence-electron chi connectivity index (χ1n) is 9.18. The lowest BCUT2D eigenvalue weighted by molar-refractivity contribution is -0.137. The summed E-state index contributed by atoms with van der Waals surface area (Å²) < 4.78 is 38.9. The number of nitrogens with two attached hydrogens (primary N) is 1. The summed E-state index contributed by atoms with van der Waals surface area (Å²) >= 11 is 6.15. The van der Waals surface area contributed by atoms with Crippen molar-refractivity contribution in [3.05, 3.63) is 82.5 Å². The maximum atomic E-state index is 13.0. The monoisotopic (exact) mass is 441 g/mol. The second kappa shape index (κ2) is 7.67. The maximum absolute atomic E-state index is 13.0. The smallest absolute Gasteiger partial charge is 0.366 e. The first kappa shape index (κ1) is 20.8. The van der Waals surface area contributed by atoms with E-state index in [0.29, 0.717) is 22.2 Å². The molecule has 0 aliphatic heterocycles. The molecular weight excluding hydrogens is 427 g/mol. The molecule has 1 aromatic heterocycles. The minimum absolute atomic E-state index is 0.0642. The van der Waals surface area contributed by atoms with Gasteiger partial charge in [0.15, 0.2) is 0 Å². The Morgan fingerprint density at radius 1 is 1.00 bits per heavy atom. The molecule has 8 heteroatoms. The third kappa shape index (κ3) is 3.96. The molecule has 0 radical (unpaired) electrons. The van der Waals surface area contributed by atoms with Crippen LogP contribution in [0.2, 0.25) is 5.02 Å². The highest BCUT2D eigenvalue weighted by molar-refractivity contribution is 6.33. The van der Waals surface area contributed by atoms with Gasteiger partial charge < -0.3 is 5.73 Å². The molecule has 0 saturated heterocycles. The Balaban J connectivity index is 1.84. The van der Waals surface area contributed by atoms with Crippen molar-refractivity contribution in [1.82, 2.24) is 10.2 Å². The Hall–Kier alpha value is -3.45. The van der Waals surface area contributed by atoms with Gasteiger partial charge in [-0.1, -0.05) is 35.9 Å². The van der Waals surface area contributed by atoms with Crippen LogP contribution in [0, 0.1) is 6.92 Å². The average Bonchev–Trinajstić information content (AvgIpc) is 2.72. The summed E-state index contributed by atoms with van der Waals surface area (Å²) in [5, 5.41) is 9.45. The number of amides is 1. The highest BCUT2D eigenvalue weighted by Crippen LogP contribution is 2.37. The summed E-state index contributed by atoms with van der Waals surface area (Å²) in [7, 11) is 0. The maximum Gasteiger partial charge on any atom is 0.416 e. The number of benzene rings is 3. The van der Waals surface area contributed by atoms with Crippen LogP contribution in [0.5, 0.6) is 0 Å². The number of rotatable bonds is 3. The van der Waals surface area contributed by atoms with Crippen molar-refractivity contribution < 1.29 is 18.0 Å². The van der Waals surface area contributed by atoms with Gasteiger partial charge in [0.1, 0.15) is 5.69 Å². The quantitative estimate of drug-likeness (QED) is 0.421. The molecule has 3 aromatic carbocycles. The molecule has 4 rings (SSSR count). The van der Waals surface area contributed by atoms with Crippen LogP contribution in [0.4, 0.5) is 13.2 Å². The summed E-state index contributed by atoms with van der Waals surface area (Å²) in [5.41, 5.74) is 8.33. The molecule has 0 fully saturated rings. The summed E-state index contributed by atoms with van der Waals surface area (Å²) in [4.78, 5) is 11.5. The van der Waals surface area contributed by atoms with Crippen LogP contribution in [0.3, 0.4) is 0 Å². The third-order valence-corrected chi connectivity index (χ3v) is 5.36. The molecule has 0 aliphatic carbocycles. The van der Waals surface area contributed by atoms with Crippen LogP contribution in [0.25, 0.3) is 33.2 Å². The second-order valence-corrected chi connectivity index (χ2v) is 7.49. The minimum Gasteiger partial charge on any atom is -0.366 e. The number of fused-ring (bicyclic) bond motifs is 1. The summed E-state index contributed by atoms with van der Waals surface area (Å²) in [6, 6.07) is 13.9. The predicted octanol–water partition coefficient (Wildman–Crippen LogP) is 6.04. The lowest BCUT2D eigenvalue weighted by Crippen LogP contribution is -2.10. The van der Waals surface area contributed by atoms with Crippen molar-refractivity contribution in [2.75, 3.05) is 0 Å². The lowest BCUT2D eigenvalue weighted by atomic mass is 9.95. The van der Waals surface area contributed by atoms with Crippen LogP contribution in [0.15, 0.2) is 60.8 Å². The van der Waals surface area contributed by atoms with E-state index in [1.54, 1.807) is 24.4 Å². The molecule has 0 aliphatic rings. The number of aryl methyl sites for hydroxylation is 1. The Kier molecular flexibility index (Phi) is 5.15. The molecule has 0 bridgehead atoms. The van der Waals surface area contributed by atoms with E-state index in [-0.39, 0.29) is 5.02 Å². The van der Waals surface area contributed by atoms with Gasteiger partial charge in [0.05, 0.1) is 16.8 Å². The molecule has 31 heavy (non-hydrogen) atoms. The van der Waals surface area contributed by atoms with Gasteiger partial charge in [-0.25, -0.2) is 0 Å². The molecule has 156 valence electrons. The van der Waals surface area contributed by atoms with Gasteiger partial charge in [-0.05, 0) is 53.9 Å². The zero-order chi connectivity index (χ0) is 22.3. The standard InChI is InChI=1S/C23H15ClF3N3O/c1-12-2-3-14(22(28)31)9-19(12)13-4-6-17-15(8-13)11-29-30-21(17)18-7-5-16(10-20(18)24)23(25,26)27/h2-11H,1H3,(H2,28,31). The molecule has 0 atom stereocenters. The molecule has 4 aromatic rings. The first-order chi connectivity index (χ1) is 14.6. The van der Waals surface area contributed by atoms with E-state index in [1.165, 1.54) is 6.07 Å². The van der Waals surface area contributed by atoms with E-state index in [1.807, 2.05) is 25.1 Å². The largest absolute Gasteiger partial charge is 0.416 e. The number of carbonyl (C=O) groups excluding carboxylic acids is 1. The zero-order valence-electron chi connectivity index (χ0n) is 16.2. The SMILES string of the molecule is Cc1ccc(C(N)=O)cc1-c1ccc2c(-c3ccc(C(F)(F)F)cc3Cl)nncc2c1. The van der Waals surface area contributed by atoms with Crippen molar-refractivity contribution in [2.45, 2.75) is 13.1 Å². The molecule has 0 spiro atoms. The summed E-state index contributed by atoms with van der Waals surface area (Å²) in [6.07, 6.45) is -2.92. The third-order valence-electron chi connectivity index (χ3n) is 5.05. The van der Waals surface area contributed by atoms with Crippen molar-refractivity contribution in [3.8, 4) is 22.4 Å².